The van der Waals surface area contributed by atoms with Gasteiger partial charge in [0.2, 0.25) is 0 Å². The average Bonchev–Trinajstić information content (AvgIpc) is 2.40. The van der Waals surface area contributed by atoms with Crippen LogP contribution in [0.3, 0.4) is 0 Å². The van der Waals surface area contributed by atoms with Crippen LogP contribution in [0.15, 0.2) is 24.3 Å². The first-order chi connectivity index (χ1) is 12.6. The number of phenols is 1. The number of aromatic hydroxyl groups is 1. The quantitative estimate of drug-likeness (QED) is 0.334. The van der Waals surface area contributed by atoms with E-state index in [0.29, 0.717) is 0 Å². The number of nitrogens with one attached hydrogen (secondary N) is 1. The molecule has 0 saturated heterocycles. The minimum absolute atomic E-state index is 0.0410. The second kappa shape index (κ2) is 7.57. The van der Waals surface area contributed by atoms with Crippen LogP contribution in [0, 0.1) is 0 Å². The van der Waals surface area contributed by atoms with E-state index in [0.717, 1.165) is 24.3 Å². The van der Waals surface area contributed by atoms with Crippen LogP contribution in [0.5, 0.6) is 17.2 Å². The summed E-state index contributed by atoms with van der Waals surface area (Å²) in [7, 11) is -14.2. The molecular weight excluding hydrogens is 446 g/mol. The summed E-state index contributed by atoms with van der Waals surface area (Å²) >= 11 is 0. The number of rotatable bonds is 8. The SMILES string of the molecule is O=S(=O)(O)CCNc1cc(OS(=O)(=O)O)cc2cc(OS(=O)(=O)O)cc(O)c12. The molecule has 0 atom stereocenters. The Bertz CT molecular complexity index is 1210. The molecule has 0 aliphatic heterocycles. The van der Waals surface area contributed by atoms with Crippen molar-refractivity contribution in [1.82, 2.24) is 0 Å². The van der Waals surface area contributed by atoms with Gasteiger partial charge in [-0.25, -0.2) is 0 Å². The van der Waals surface area contributed by atoms with Crippen LogP contribution in [0.1, 0.15) is 0 Å². The van der Waals surface area contributed by atoms with Crippen LogP contribution in [-0.4, -0.2) is 56.3 Å². The van der Waals surface area contributed by atoms with E-state index in [4.69, 9.17) is 13.7 Å². The first-order valence-electron chi connectivity index (χ1n) is 6.96. The normalized spacial score (nSPS) is 12.7. The van der Waals surface area contributed by atoms with Gasteiger partial charge in [0, 0.05) is 29.8 Å². The van der Waals surface area contributed by atoms with Gasteiger partial charge in [0.1, 0.15) is 17.2 Å². The Balaban J connectivity index is 2.60. The Kier molecular flexibility index (Phi) is 5.93. The molecule has 0 aromatic heterocycles. The van der Waals surface area contributed by atoms with Crippen molar-refractivity contribution in [3.63, 3.8) is 0 Å². The van der Waals surface area contributed by atoms with Gasteiger partial charge < -0.3 is 18.8 Å². The molecule has 13 nitrogen and oxygen atoms in total. The molecule has 16 heteroatoms. The van der Waals surface area contributed by atoms with Gasteiger partial charge in [-0.2, -0.15) is 25.3 Å². The summed E-state index contributed by atoms with van der Waals surface area (Å²) in [6.45, 7) is -0.369. The summed E-state index contributed by atoms with van der Waals surface area (Å²) in [5.41, 5.74) is -0.0873. The Morgan fingerprint density at radius 1 is 0.821 bits per heavy atom. The Labute approximate surface area is 159 Å². The molecule has 0 radical (unpaired) electrons. The number of hydrogen-bond donors (Lipinski definition) is 5. The highest BCUT2D eigenvalue weighted by molar-refractivity contribution is 7.85. The zero-order valence-electron chi connectivity index (χ0n) is 13.5. The van der Waals surface area contributed by atoms with Crippen LogP contribution in [0.25, 0.3) is 10.8 Å². The van der Waals surface area contributed by atoms with Gasteiger partial charge in [-0.15, -0.1) is 0 Å². The second-order valence-corrected chi connectivity index (χ2v) is 8.86. The number of benzene rings is 2. The lowest BCUT2D eigenvalue weighted by atomic mass is 10.1. The van der Waals surface area contributed by atoms with Crippen molar-refractivity contribution < 1.29 is 52.4 Å². The van der Waals surface area contributed by atoms with Gasteiger partial charge in [-0.05, 0) is 17.5 Å². The highest BCUT2D eigenvalue weighted by Crippen LogP contribution is 2.39. The molecule has 0 aliphatic carbocycles. The number of phenolic OH excluding ortho intramolecular Hbond substituents is 1. The van der Waals surface area contributed by atoms with E-state index in [1.807, 2.05) is 0 Å². The molecule has 0 fully saturated rings. The van der Waals surface area contributed by atoms with Crippen molar-refractivity contribution >= 4 is 47.4 Å². The number of hydrogen-bond acceptors (Lipinski definition) is 10. The summed E-state index contributed by atoms with van der Waals surface area (Å²) in [6, 6.07) is 3.76. The molecule has 2 aromatic rings. The van der Waals surface area contributed by atoms with E-state index in [1.54, 1.807) is 0 Å². The average molecular weight is 459 g/mol. The third kappa shape index (κ3) is 6.66. The van der Waals surface area contributed by atoms with Crippen LogP contribution < -0.4 is 13.7 Å². The second-order valence-electron chi connectivity index (χ2n) is 5.25. The molecule has 0 aliphatic rings. The molecule has 5 N–H and O–H groups in total. The van der Waals surface area contributed by atoms with Crippen molar-refractivity contribution in [1.29, 1.82) is 0 Å². The summed E-state index contributed by atoms with van der Waals surface area (Å²) in [5, 5.41) is 12.5. The van der Waals surface area contributed by atoms with Gasteiger partial charge in [-0.3, -0.25) is 13.7 Å². The summed E-state index contributed by atoms with van der Waals surface area (Å²) in [6.07, 6.45) is 0. The maximum Gasteiger partial charge on any atom is 0.446 e. The Morgan fingerprint density at radius 2 is 1.32 bits per heavy atom. The maximum atomic E-state index is 10.9. The van der Waals surface area contributed by atoms with Crippen LogP contribution in [-0.2, 0) is 30.9 Å². The zero-order valence-corrected chi connectivity index (χ0v) is 16.0. The lowest BCUT2D eigenvalue weighted by Gasteiger charge is -2.14. The molecule has 0 spiro atoms. The lowest BCUT2D eigenvalue weighted by molar-refractivity contribution is 0.384. The van der Waals surface area contributed by atoms with Crippen molar-refractivity contribution in [2.24, 2.45) is 0 Å². The van der Waals surface area contributed by atoms with E-state index in [1.165, 1.54) is 0 Å². The topological polar surface area (TPSA) is 214 Å². The highest BCUT2D eigenvalue weighted by atomic mass is 32.3. The van der Waals surface area contributed by atoms with E-state index < -0.39 is 53.9 Å². The minimum Gasteiger partial charge on any atom is -0.507 e. The molecule has 156 valence electrons. The van der Waals surface area contributed by atoms with Gasteiger partial charge in [0.25, 0.3) is 10.1 Å². The Hall–Kier alpha value is -2.37. The fraction of sp³-hybridized carbons (Fsp3) is 0.167. The number of fused-ring (bicyclic) bond motifs is 1. The molecule has 2 aromatic carbocycles. The zero-order chi connectivity index (χ0) is 21.3. The lowest BCUT2D eigenvalue weighted by Crippen LogP contribution is -2.15. The molecule has 0 bridgehead atoms. The number of anilines is 1. The van der Waals surface area contributed by atoms with Gasteiger partial charge in [-0.1, -0.05) is 0 Å². The predicted octanol–water partition coefficient (Wildman–Crippen LogP) is 0.208. The first kappa shape index (κ1) is 21.9. The molecule has 0 saturated carbocycles. The largest absolute Gasteiger partial charge is 0.507 e. The molecule has 2 rings (SSSR count). The fourth-order valence-electron chi connectivity index (χ4n) is 2.23. The van der Waals surface area contributed by atoms with E-state index in [9.17, 15) is 30.4 Å². The van der Waals surface area contributed by atoms with Crippen molar-refractivity contribution in [2.45, 2.75) is 0 Å². The molecule has 28 heavy (non-hydrogen) atoms. The van der Waals surface area contributed by atoms with E-state index >= 15 is 0 Å². The predicted molar refractivity (Wildman–Crippen MR) is 94.9 cm³/mol. The Morgan fingerprint density at radius 3 is 1.79 bits per heavy atom. The van der Waals surface area contributed by atoms with Gasteiger partial charge >= 0.3 is 20.8 Å². The third-order valence-corrected chi connectivity index (χ3v) is 4.58. The van der Waals surface area contributed by atoms with Gasteiger partial charge in [0.15, 0.2) is 0 Å². The molecular formula is C12H13NO12S3. The van der Waals surface area contributed by atoms with Crippen molar-refractivity contribution in [3.8, 4) is 17.2 Å². The van der Waals surface area contributed by atoms with Gasteiger partial charge in [0.05, 0.1) is 5.75 Å². The van der Waals surface area contributed by atoms with Crippen LogP contribution in [0.4, 0.5) is 5.69 Å². The van der Waals surface area contributed by atoms with Crippen molar-refractivity contribution in [3.05, 3.63) is 24.3 Å². The summed E-state index contributed by atoms with van der Waals surface area (Å²) in [4.78, 5) is 0. The standard InChI is InChI=1S/C12H13NO12S3/c14-11-6-9(25-28(21,22)23)4-7-3-8(24-27(18,19)20)5-10(12(7)11)13-1-2-26(15,16)17/h3-6,13-14H,1-2H2,(H,15,16,17)(H,18,19,20)(H,21,22,23). The van der Waals surface area contributed by atoms with E-state index in [-0.39, 0.29) is 23.0 Å². The minimum atomic E-state index is -4.95. The highest BCUT2D eigenvalue weighted by Gasteiger charge is 2.17. The van der Waals surface area contributed by atoms with Crippen LogP contribution >= 0.6 is 0 Å². The fourth-order valence-corrected chi connectivity index (χ4v) is 3.27. The monoisotopic (exact) mass is 459 g/mol. The summed E-state index contributed by atoms with van der Waals surface area (Å²) in [5.74, 6) is -2.36. The third-order valence-electron chi connectivity index (χ3n) is 3.05. The molecule has 0 amide bonds. The molecule has 0 heterocycles. The first-order valence-corrected chi connectivity index (χ1v) is 11.3. The summed E-state index contributed by atoms with van der Waals surface area (Å²) < 4.78 is 100.0. The van der Waals surface area contributed by atoms with Crippen LogP contribution in [0.2, 0.25) is 0 Å². The van der Waals surface area contributed by atoms with E-state index in [2.05, 4.69) is 13.7 Å². The maximum absolute atomic E-state index is 10.9. The molecule has 0 unspecified atom stereocenters. The smallest absolute Gasteiger partial charge is 0.446 e. The van der Waals surface area contributed by atoms with Crippen molar-refractivity contribution in [2.75, 3.05) is 17.6 Å².